The topological polar surface area (TPSA) is 32.3 Å². The highest BCUT2D eigenvalue weighted by molar-refractivity contribution is 7.99. The van der Waals surface area contributed by atoms with Crippen LogP contribution in [0.15, 0.2) is 30.3 Å². The van der Waals surface area contributed by atoms with E-state index >= 15 is 0 Å². The Balaban J connectivity index is 1.46. The van der Waals surface area contributed by atoms with Crippen LogP contribution in [0.4, 0.5) is 0 Å². The van der Waals surface area contributed by atoms with Gasteiger partial charge in [-0.25, -0.2) is 0 Å². The van der Waals surface area contributed by atoms with E-state index in [1.54, 1.807) is 0 Å². The van der Waals surface area contributed by atoms with Gasteiger partial charge in [0, 0.05) is 19.6 Å². The van der Waals surface area contributed by atoms with Crippen molar-refractivity contribution < 1.29 is 4.79 Å². The molecule has 1 amide bonds. The van der Waals surface area contributed by atoms with E-state index in [1.807, 2.05) is 11.8 Å². The maximum Gasteiger partial charge on any atom is 0.224 e. The third-order valence-corrected chi connectivity index (χ3v) is 5.95. The van der Waals surface area contributed by atoms with E-state index in [0.29, 0.717) is 5.92 Å². The van der Waals surface area contributed by atoms with Crippen LogP contribution in [-0.4, -0.2) is 41.9 Å². The van der Waals surface area contributed by atoms with Crippen LogP contribution in [0.5, 0.6) is 0 Å². The molecule has 2 saturated heterocycles. The number of carbonyl (C=O) groups excluding carboxylic acids is 1. The van der Waals surface area contributed by atoms with Crippen molar-refractivity contribution in [1.29, 1.82) is 0 Å². The van der Waals surface area contributed by atoms with Crippen LogP contribution in [0.25, 0.3) is 0 Å². The maximum absolute atomic E-state index is 12.4. The molecule has 2 heterocycles. The minimum absolute atomic E-state index is 0.173. The lowest BCUT2D eigenvalue weighted by Gasteiger charge is -2.32. The Morgan fingerprint density at radius 1 is 1.27 bits per heavy atom. The number of hydrogen-bond donors (Lipinski definition) is 1. The highest BCUT2D eigenvalue weighted by Crippen LogP contribution is 2.23. The second kappa shape index (κ2) is 8.02. The Labute approximate surface area is 137 Å². The van der Waals surface area contributed by atoms with Crippen LogP contribution in [0, 0.1) is 11.8 Å². The summed E-state index contributed by atoms with van der Waals surface area (Å²) in [6.45, 7) is 3.85. The van der Waals surface area contributed by atoms with E-state index in [-0.39, 0.29) is 11.8 Å². The smallest absolute Gasteiger partial charge is 0.224 e. The molecule has 0 saturated carbocycles. The quantitative estimate of drug-likeness (QED) is 0.906. The van der Waals surface area contributed by atoms with Crippen LogP contribution < -0.4 is 5.32 Å². The summed E-state index contributed by atoms with van der Waals surface area (Å²) in [5.74, 6) is 3.61. The van der Waals surface area contributed by atoms with Crippen molar-refractivity contribution in [1.82, 2.24) is 10.2 Å². The van der Waals surface area contributed by atoms with Crippen molar-refractivity contribution in [3.63, 3.8) is 0 Å². The maximum atomic E-state index is 12.4. The standard InChI is InChI=1S/C18H26N2OS/c21-18(19-11-16-8-10-22-14-16)17-7-4-9-20(13-17)12-15-5-2-1-3-6-15/h1-3,5-6,16-17H,4,7-14H2,(H,19,21)/t16-,17+/m0/s1. The van der Waals surface area contributed by atoms with E-state index in [9.17, 15) is 4.79 Å². The molecular formula is C18H26N2OS. The molecule has 2 aliphatic heterocycles. The van der Waals surface area contributed by atoms with Gasteiger partial charge in [-0.3, -0.25) is 9.69 Å². The molecule has 0 bridgehead atoms. The lowest BCUT2D eigenvalue weighted by atomic mass is 9.96. The van der Waals surface area contributed by atoms with Crippen LogP contribution in [-0.2, 0) is 11.3 Å². The first kappa shape index (κ1) is 15.9. The number of hydrogen-bond acceptors (Lipinski definition) is 3. The number of piperidine rings is 1. The van der Waals surface area contributed by atoms with E-state index in [1.165, 1.54) is 23.5 Å². The summed E-state index contributed by atoms with van der Waals surface area (Å²) in [5.41, 5.74) is 1.34. The predicted octanol–water partition coefficient (Wildman–Crippen LogP) is 2.77. The zero-order valence-corrected chi connectivity index (χ0v) is 14.0. The summed E-state index contributed by atoms with van der Waals surface area (Å²) in [5, 5.41) is 3.20. The van der Waals surface area contributed by atoms with Crippen molar-refractivity contribution in [2.75, 3.05) is 31.1 Å². The molecule has 2 fully saturated rings. The molecule has 22 heavy (non-hydrogen) atoms. The molecule has 0 unspecified atom stereocenters. The van der Waals surface area contributed by atoms with Crippen LogP contribution >= 0.6 is 11.8 Å². The summed E-state index contributed by atoms with van der Waals surface area (Å²) in [7, 11) is 0. The molecule has 0 aromatic heterocycles. The Morgan fingerprint density at radius 2 is 2.14 bits per heavy atom. The Kier molecular flexibility index (Phi) is 5.79. The minimum Gasteiger partial charge on any atom is -0.356 e. The average molecular weight is 318 g/mol. The highest BCUT2D eigenvalue weighted by atomic mass is 32.2. The number of amides is 1. The summed E-state index contributed by atoms with van der Waals surface area (Å²) in [6.07, 6.45) is 3.43. The molecule has 0 spiro atoms. The first-order valence-electron chi connectivity index (χ1n) is 8.43. The predicted molar refractivity (Wildman–Crippen MR) is 92.9 cm³/mol. The lowest BCUT2D eigenvalue weighted by molar-refractivity contribution is -0.126. The van der Waals surface area contributed by atoms with Gasteiger partial charge in [-0.15, -0.1) is 0 Å². The monoisotopic (exact) mass is 318 g/mol. The Morgan fingerprint density at radius 3 is 2.91 bits per heavy atom. The van der Waals surface area contributed by atoms with E-state index in [2.05, 4.69) is 40.5 Å². The summed E-state index contributed by atoms with van der Waals surface area (Å²) < 4.78 is 0. The molecule has 4 heteroatoms. The van der Waals surface area contributed by atoms with Gasteiger partial charge in [-0.1, -0.05) is 30.3 Å². The lowest BCUT2D eigenvalue weighted by Crippen LogP contribution is -2.43. The Bertz CT molecular complexity index is 473. The molecule has 2 aliphatic rings. The number of carbonyl (C=O) groups is 1. The van der Waals surface area contributed by atoms with E-state index in [4.69, 9.17) is 0 Å². The van der Waals surface area contributed by atoms with Gasteiger partial charge < -0.3 is 5.32 Å². The van der Waals surface area contributed by atoms with E-state index < -0.39 is 0 Å². The molecule has 1 N–H and O–H groups in total. The van der Waals surface area contributed by atoms with Crippen LogP contribution in [0.3, 0.4) is 0 Å². The molecule has 2 atom stereocenters. The second-order valence-corrected chi connectivity index (χ2v) is 7.68. The highest BCUT2D eigenvalue weighted by Gasteiger charge is 2.26. The van der Waals surface area contributed by atoms with Crippen molar-refractivity contribution in [2.24, 2.45) is 11.8 Å². The number of nitrogens with zero attached hydrogens (tertiary/aromatic N) is 1. The van der Waals surface area contributed by atoms with Gasteiger partial charge in [0.2, 0.25) is 5.91 Å². The van der Waals surface area contributed by atoms with Gasteiger partial charge in [-0.05, 0) is 48.8 Å². The van der Waals surface area contributed by atoms with Gasteiger partial charge in [0.1, 0.15) is 0 Å². The largest absolute Gasteiger partial charge is 0.356 e. The molecule has 0 radical (unpaired) electrons. The van der Waals surface area contributed by atoms with Gasteiger partial charge in [0.25, 0.3) is 0 Å². The minimum atomic E-state index is 0.173. The van der Waals surface area contributed by atoms with Crippen molar-refractivity contribution in [3.05, 3.63) is 35.9 Å². The zero-order valence-electron chi connectivity index (χ0n) is 13.2. The second-order valence-electron chi connectivity index (χ2n) is 6.53. The summed E-state index contributed by atoms with van der Waals surface area (Å²) in [6, 6.07) is 10.6. The SMILES string of the molecule is O=C(NC[C@@H]1CCSC1)[C@@H]1CCCN(Cc2ccccc2)C1. The number of likely N-dealkylation sites (tertiary alicyclic amines) is 1. The summed E-state index contributed by atoms with van der Waals surface area (Å²) in [4.78, 5) is 14.8. The van der Waals surface area contributed by atoms with Gasteiger partial charge in [0.15, 0.2) is 0 Å². The van der Waals surface area contributed by atoms with E-state index in [0.717, 1.165) is 39.0 Å². The Hall–Kier alpha value is -1.00. The number of benzene rings is 1. The number of rotatable bonds is 5. The molecule has 0 aliphatic carbocycles. The zero-order chi connectivity index (χ0) is 15.2. The summed E-state index contributed by atoms with van der Waals surface area (Å²) >= 11 is 2.01. The fraction of sp³-hybridized carbons (Fsp3) is 0.611. The molecule has 120 valence electrons. The third kappa shape index (κ3) is 4.50. The van der Waals surface area contributed by atoms with Crippen LogP contribution in [0.2, 0.25) is 0 Å². The fourth-order valence-corrected chi connectivity index (χ4v) is 4.67. The normalized spacial score (nSPS) is 26.0. The van der Waals surface area contributed by atoms with Crippen molar-refractivity contribution >= 4 is 17.7 Å². The fourth-order valence-electron chi connectivity index (χ4n) is 3.39. The average Bonchev–Trinajstić information content (AvgIpc) is 3.07. The molecule has 3 rings (SSSR count). The first-order valence-corrected chi connectivity index (χ1v) is 9.58. The third-order valence-electron chi connectivity index (χ3n) is 4.71. The molecule has 1 aromatic rings. The van der Waals surface area contributed by atoms with Crippen LogP contribution in [0.1, 0.15) is 24.8 Å². The first-order chi connectivity index (χ1) is 10.8. The number of thioether (sulfide) groups is 1. The van der Waals surface area contributed by atoms with Crippen molar-refractivity contribution in [2.45, 2.75) is 25.8 Å². The molecule has 1 aromatic carbocycles. The number of nitrogens with one attached hydrogen (secondary N) is 1. The van der Waals surface area contributed by atoms with Gasteiger partial charge in [0.05, 0.1) is 5.92 Å². The van der Waals surface area contributed by atoms with Crippen molar-refractivity contribution in [3.8, 4) is 0 Å². The molecular weight excluding hydrogens is 292 g/mol. The van der Waals surface area contributed by atoms with Gasteiger partial charge in [-0.2, -0.15) is 11.8 Å². The van der Waals surface area contributed by atoms with Gasteiger partial charge >= 0.3 is 0 Å². The molecule has 3 nitrogen and oxygen atoms in total.